The van der Waals surface area contributed by atoms with Crippen molar-refractivity contribution in [1.29, 1.82) is 0 Å². The van der Waals surface area contributed by atoms with E-state index in [1.165, 1.54) is 30.0 Å². The van der Waals surface area contributed by atoms with E-state index < -0.39 is 5.97 Å². The Bertz CT molecular complexity index is 494. The summed E-state index contributed by atoms with van der Waals surface area (Å²) in [7, 11) is 0. The summed E-state index contributed by atoms with van der Waals surface area (Å²) in [5.74, 6) is -1.31. The maximum atomic E-state index is 11.7. The van der Waals surface area contributed by atoms with Crippen molar-refractivity contribution < 1.29 is 19.8 Å². The molecule has 0 radical (unpaired) electrons. The molecule has 0 fully saturated rings. The number of rotatable bonds is 4. The van der Waals surface area contributed by atoms with Crippen molar-refractivity contribution in [2.45, 2.75) is 25.5 Å². The number of aromatic hydroxyl groups is 1. The summed E-state index contributed by atoms with van der Waals surface area (Å²) in [5.41, 5.74) is 0.121. The molecule has 0 heterocycles. The third-order valence-electron chi connectivity index (χ3n) is 2.15. The molecule has 0 saturated heterocycles. The molecule has 0 aliphatic rings. The Hall–Kier alpha value is -1.69. The van der Waals surface area contributed by atoms with Crippen molar-refractivity contribution in [1.82, 2.24) is 0 Å². The number of hydrogen-bond donors (Lipinski definition) is 3. The van der Waals surface area contributed by atoms with Gasteiger partial charge in [0.25, 0.3) is 0 Å². The number of thioether (sulfide) groups is 1. The van der Waals surface area contributed by atoms with Gasteiger partial charge in [0.2, 0.25) is 5.91 Å². The molecular formula is C13H17NO4S. The molecule has 0 spiro atoms. The number of carboxylic acids is 1. The van der Waals surface area contributed by atoms with Crippen molar-refractivity contribution in [3.63, 3.8) is 0 Å². The Balaban J connectivity index is 2.73. The molecule has 0 bridgehead atoms. The number of carbonyl (C=O) groups excluding carboxylic acids is 1. The van der Waals surface area contributed by atoms with Gasteiger partial charge in [-0.05, 0) is 18.2 Å². The van der Waals surface area contributed by atoms with Gasteiger partial charge in [-0.15, -0.1) is 11.8 Å². The average molecular weight is 283 g/mol. The summed E-state index contributed by atoms with van der Waals surface area (Å²) in [6.07, 6.45) is 0. The second kappa shape index (κ2) is 5.97. The van der Waals surface area contributed by atoms with Crippen molar-refractivity contribution in [3.05, 3.63) is 23.8 Å². The molecule has 1 amide bonds. The van der Waals surface area contributed by atoms with Crippen molar-refractivity contribution in [3.8, 4) is 5.75 Å². The number of carbonyl (C=O) groups is 2. The summed E-state index contributed by atoms with van der Waals surface area (Å²) in [5, 5.41) is 20.9. The quantitative estimate of drug-likeness (QED) is 0.739. The molecule has 19 heavy (non-hydrogen) atoms. The fourth-order valence-corrected chi connectivity index (χ4v) is 1.87. The topological polar surface area (TPSA) is 86.6 Å². The summed E-state index contributed by atoms with van der Waals surface area (Å²) >= 11 is 1.47. The predicted octanol–water partition coefficient (Wildman–Crippen LogP) is 2.56. The number of nitrogens with one attached hydrogen (secondary N) is 1. The van der Waals surface area contributed by atoms with E-state index in [9.17, 15) is 14.7 Å². The molecule has 0 aliphatic carbocycles. The van der Waals surface area contributed by atoms with Crippen LogP contribution in [0.4, 0.5) is 5.69 Å². The van der Waals surface area contributed by atoms with Crippen LogP contribution in [0.5, 0.6) is 5.75 Å². The number of amides is 1. The Kier molecular flexibility index (Phi) is 4.83. The lowest BCUT2D eigenvalue weighted by Gasteiger charge is -2.17. The molecule has 104 valence electrons. The van der Waals surface area contributed by atoms with Crippen molar-refractivity contribution in [2.24, 2.45) is 0 Å². The van der Waals surface area contributed by atoms with Crippen LogP contribution in [-0.4, -0.2) is 32.6 Å². The monoisotopic (exact) mass is 283 g/mol. The number of benzene rings is 1. The maximum Gasteiger partial charge on any atom is 0.335 e. The molecule has 0 saturated carbocycles. The van der Waals surface area contributed by atoms with Crippen LogP contribution in [0.25, 0.3) is 0 Å². The van der Waals surface area contributed by atoms with E-state index in [-0.39, 0.29) is 33.4 Å². The fourth-order valence-electron chi connectivity index (χ4n) is 1.24. The number of phenolic OH excluding ortho intramolecular Hbond substituents is 1. The first-order valence-corrected chi connectivity index (χ1v) is 6.68. The van der Waals surface area contributed by atoms with E-state index in [4.69, 9.17) is 5.11 Å². The van der Waals surface area contributed by atoms with E-state index in [2.05, 4.69) is 5.32 Å². The zero-order valence-electron chi connectivity index (χ0n) is 11.1. The van der Waals surface area contributed by atoms with Gasteiger partial charge in [0, 0.05) is 4.75 Å². The number of anilines is 1. The predicted molar refractivity (Wildman–Crippen MR) is 75.9 cm³/mol. The van der Waals surface area contributed by atoms with Gasteiger partial charge in [0.15, 0.2) is 0 Å². The lowest BCUT2D eigenvalue weighted by Crippen LogP contribution is -2.19. The second-order valence-corrected chi connectivity index (χ2v) is 6.79. The van der Waals surface area contributed by atoms with Crippen LogP contribution in [0.2, 0.25) is 0 Å². The molecule has 0 aromatic heterocycles. The molecule has 0 aliphatic heterocycles. The minimum Gasteiger partial charge on any atom is -0.506 e. The van der Waals surface area contributed by atoms with Crippen LogP contribution >= 0.6 is 11.8 Å². The second-order valence-electron chi connectivity index (χ2n) is 4.99. The summed E-state index contributed by atoms with van der Waals surface area (Å²) in [6.45, 7) is 5.98. The molecule has 1 aromatic rings. The maximum absolute atomic E-state index is 11.7. The Morgan fingerprint density at radius 2 is 1.95 bits per heavy atom. The highest BCUT2D eigenvalue weighted by Crippen LogP contribution is 2.26. The number of aromatic carboxylic acids is 1. The third kappa shape index (κ3) is 5.21. The molecule has 1 aromatic carbocycles. The first-order valence-electron chi connectivity index (χ1n) is 5.69. The van der Waals surface area contributed by atoms with Crippen LogP contribution in [0.3, 0.4) is 0 Å². The first kappa shape index (κ1) is 15.4. The van der Waals surface area contributed by atoms with Crippen LogP contribution in [0.15, 0.2) is 18.2 Å². The minimum absolute atomic E-state index is 0.0107. The van der Waals surface area contributed by atoms with Gasteiger partial charge in [-0.25, -0.2) is 4.79 Å². The molecule has 3 N–H and O–H groups in total. The highest BCUT2D eigenvalue weighted by molar-refractivity contribution is 8.01. The minimum atomic E-state index is -1.11. The van der Waals surface area contributed by atoms with Gasteiger partial charge >= 0.3 is 5.97 Å². The van der Waals surface area contributed by atoms with Gasteiger partial charge in [-0.1, -0.05) is 20.8 Å². The Morgan fingerprint density at radius 1 is 1.32 bits per heavy atom. The van der Waals surface area contributed by atoms with Gasteiger partial charge in [0.1, 0.15) is 5.75 Å². The highest BCUT2D eigenvalue weighted by atomic mass is 32.2. The van der Waals surface area contributed by atoms with E-state index >= 15 is 0 Å². The van der Waals surface area contributed by atoms with Crippen LogP contribution in [0, 0.1) is 0 Å². The highest BCUT2D eigenvalue weighted by Gasteiger charge is 2.15. The smallest absolute Gasteiger partial charge is 0.335 e. The van der Waals surface area contributed by atoms with Crippen LogP contribution < -0.4 is 5.32 Å². The van der Waals surface area contributed by atoms with Gasteiger partial charge < -0.3 is 15.5 Å². The molecule has 0 atom stereocenters. The normalized spacial score (nSPS) is 11.1. The number of hydrogen-bond acceptors (Lipinski definition) is 4. The Morgan fingerprint density at radius 3 is 2.47 bits per heavy atom. The van der Waals surface area contributed by atoms with Crippen LogP contribution in [0.1, 0.15) is 31.1 Å². The summed E-state index contributed by atoms with van der Waals surface area (Å²) in [6, 6.07) is 3.75. The summed E-state index contributed by atoms with van der Waals surface area (Å²) in [4.78, 5) is 22.5. The van der Waals surface area contributed by atoms with E-state index in [0.717, 1.165) is 0 Å². The lowest BCUT2D eigenvalue weighted by molar-refractivity contribution is -0.113. The first-order chi connectivity index (χ1) is 8.69. The zero-order valence-corrected chi connectivity index (χ0v) is 11.9. The molecular weight excluding hydrogens is 266 g/mol. The van der Waals surface area contributed by atoms with E-state index in [1.54, 1.807) is 0 Å². The van der Waals surface area contributed by atoms with Crippen molar-refractivity contribution in [2.75, 3.05) is 11.1 Å². The third-order valence-corrected chi connectivity index (χ3v) is 3.43. The van der Waals surface area contributed by atoms with Gasteiger partial charge in [-0.3, -0.25) is 4.79 Å². The Labute approximate surface area is 116 Å². The zero-order chi connectivity index (χ0) is 14.6. The number of phenols is 1. The molecule has 6 heteroatoms. The number of carboxylic acid groups (broad SMARTS) is 1. The summed E-state index contributed by atoms with van der Waals surface area (Å²) < 4.78 is -0.0394. The average Bonchev–Trinajstić information content (AvgIpc) is 2.28. The van der Waals surface area contributed by atoms with Gasteiger partial charge in [0.05, 0.1) is 17.0 Å². The fraction of sp³-hybridized carbons (Fsp3) is 0.385. The van der Waals surface area contributed by atoms with Gasteiger partial charge in [-0.2, -0.15) is 0 Å². The lowest BCUT2D eigenvalue weighted by atomic mass is 10.2. The largest absolute Gasteiger partial charge is 0.506 e. The SMILES string of the molecule is CC(C)(C)SCC(=O)Nc1cc(C(=O)O)ccc1O. The van der Waals surface area contributed by atoms with E-state index in [0.29, 0.717) is 0 Å². The molecule has 5 nitrogen and oxygen atoms in total. The standard InChI is InChI=1S/C13H17NO4S/c1-13(2,3)19-7-11(16)14-9-6-8(12(17)18)4-5-10(9)15/h4-6,15H,7H2,1-3H3,(H,14,16)(H,17,18). The molecule has 1 rings (SSSR count). The van der Waals surface area contributed by atoms with Crippen LogP contribution in [-0.2, 0) is 4.79 Å². The van der Waals surface area contributed by atoms with E-state index in [1.807, 2.05) is 20.8 Å². The molecule has 0 unspecified atom stereocenters. The van der Waals surface area contributed by atoms with Crippen molar-refractivity contribution >= 4 is 29.3 Å².